The molecule has 0 aromatic heterocycles. The van der Waals surface area contributed by atoms with Crippen LogP contribution in [-0.2, 0) is 9.53 Å². The van der Waals surface area contributed by atoms with E-state index in [9.17, 15) is 9.59 Å². The Balaban J connectivity index is 2.29. The fourth-order valence-electron chi connectivity index (χ4n) is 2.09. The van der Waals surface area contributed by atoms with Gasteiger partial charge in [0, 0.05) is 26.7 Å². The third kappa shape index (κ3) is 5.46. The van der Waals surface area contributed by atoms with Crippen molar-refractivity contribution in [1.82, 2.24) is 10.2 Å². The van der Waals surface area contributed by atoms with E-state index < -0.39 is 11.9 Å². The van der Waals surface area contributed by atoms with Crippen molar-refractivity contribution >= 4 is 12.0 Å². The number of rotatable bonds is 6. The number of carboxylic acids is 1. The van der Waals surface area contributed by atoms with E-state index >= 15 is 0 Å². The molecule has 2 unspecified atom stereocenters. The first kappa shape index (κ1) is 15.8. The molecule has 0 saturated carbocycles. The number of amides is 2. The number of hydrogen-bond acceptors (Lipinski definition) is 3. The number of aliphatic carboxylic acids is 1. The van der Waals surface area contributed by atoms with E-state index in [1.54, 1.807) is 18.9 Å². The van der Waals surface area contributed by atoms with Crippen molar-refractivity contribution in [2.75, 3.05) is 26.7 Å². The molecular formula is C13H24N2O4. The van der Waals surface area contributed by atoms with Crippen LogP contribution < -0.4 is 5.32 Å². The Bertz CT molecular complexity index is 303. The SMILES string of the molecule is CCC(CNC(=O)N(C)CC1CCCCO1)C(=O)O. The van der Waals surface area contributed by atoms with Crippen molar-refractivity contribution in [3.63, 3.8) is 0 Å². The first-order valence-electron chi connectivity index (χ1n) is 6.88. The van der Waals surface area contributed by atoms with Crippen LogP contribution >= 0.6 is 0 Å². The van der Waals surface area contributed by atoms with Gasteiger partial charge in [-0.05, 0) is 25.7 Å². The van der Waals surface area contributed by atoms with Crippen molar-refractivity contribution < 1.29 is 19.4 Å². The molecular weight excluding hydrogens is 248 g/mol. The summed E-state index contributed by atoms with van der Waals surface area (Å²) in [5.74, 6) is -1.40. The summed E-state index contributed by atoms with van der Waals surface area (Å²) >= 11 is 0. The number of carbonyl (C=O) groups is 2. The highest BCUT2D eigenvalue weighted by molar-refractivity contribution is 5.75. The van der Waals surface area contributed by atoms with Crippen LogP contribution in [-0.4, -0.2) is 54.9 Å². The maximum Gasteiger partial charge on any atom is 0.317 e. The average Bonchev–Trinajstić information content (AvgIpc) is 2.39. The first-order valence-corrected chi connectivity index (χ1v) is 6.88. The van der Waals surface area contributed by atoms with Gasteiger partial charge in [0.2, 0.25) is 0 Å². The molecule has 1 aliphatic rings. The van der Waals surface area contributed by atoms with Crippen molar-refractivity contribution in [2.45, 2.75) is 38.7 Å². The van der Waals surface area contributed by atoms with Gasteiger partial charge in [0.05, 0.1) is 12.0 Å². The fourth-order valence-corrected chi connectivity index (χ4v) is 2.09. The number of carbonyl (C=O) groups excluding carboxylic acids is 1. The zero-order valence-electron chi connectivity index (χ0n) is 11.7. The zero-order valence-corrected chi connectivity index (χ0v) is 11.7. The second kappa shape index (κ2) is 7.99. The summed E-state index contributed by atoms with van der Waals surface area (Å²) < 4.78 is 5.57. The molecule has 0 bridgehead atoms. The Kier molecular flexibility index (Phi) is 6.62. The largest absolute Gasteiger partial charge is 0.481 e. The monoisotopic (exact) mass is 272 g/mol. The molecule has 0 aliphatic carbocycles. The third-order valence-corrected chi connectivity index (χ3v) is 3.44. The molecule has 1 saturated heterocycles. The van der Waals surface area contributed by atoms with Gasteiger partial charge in [-0.1, -0.05) is 6.92 Å². The van der Waals surface area contributed by atoms with Gasteiger partial charge in [-0.2, -0.15) is 0 Å². The first-order chi connectivity index (χ1) is 9.04. The molecule has 0 aromatic rings. The molecule has 2 amide bonds. The molecule has 2 N–H and O–H groups in total. The molecule has 1 fully saturated rings. The minimum absolute atomic E-state index is 0.103. The Morgan fingerprint density at radius 2 is 2.21 bits per heavy atom. The minimum atomic E-state index is -0.874. The standard InChI is InChI=1S/C13H24N2O4/c1-3-10(12(16)17)8-14-13(18)15(2)9-11-6-4-5-7-19-11/h10-11H,3-9H2,1-2H3,(H,14,18)(H,16,17). The van der Waals surface area contributed by atoms with Gasteiger partial charge in [0.15, 0.2) is 0 Å². The number of hydrogen-bond donors (Lipinski definition) is 2. The summed E-state index contributed by atoms with van der Waals surface area (Å²) in [6.45, 7) is 3.28. The molecule has 0 spiro atoms. The van der Waals surface area contributed by atoms with Crippen LogP contribution in [0.25, 0.3) is 0 Å². The van der Waals surface area contributed by atoms with Gasteiger partial charge >= 0.3 is 12.0 Å². The molecule has 6 nitrogen and oxygen atoms in total. The number of urea groups is 1. The molecule has 1 aliphatic heterocycles. The predicted molar refractivity (Wildman–Crippen MR) is 71.0 cm³/mol. The smallest absolute Gasteiger partial charge is 0.317 e. The highest BCUT2D eigenvalue weighted by Gasteiger charge is 2.20. The Morgan fingerprint density at radius 3 is 2.74 bits per heavy atom. The molecule has 110 valence electrons. The highest BCUT2D eigenvalue weighted by atomic mass is 16.5. The molecule has 19 heavy (non-hydrogen) atoms. The second-order valence-electron chi connectivity index (χ2n) is 5.00. The van der Waals surface area contributed by atoms with Crippen molar-refractivity contribution in [1.29, 1.82) is 0 Å². The predicted octanol–water partition coefficient (Wildman–Crippen LogP) is 1.31. The van der Waals surface area contributed by atoms with E-state index in [1.807, 2.05) is 0 Å². The maximum absolute atomic E-state index is 11.8. The van der Waals surface area contributed by atoms with Gasteiger partial charge in [-0.15, -0.1) is 0 Å². The second-order valence-corrected chi connectivity index (χ2v) is 5.00. The topological polar surface area (TPSA) is 78.9 Å². The van der Waals surface area contributed by atoms with E-state index in [2.05, 4.69) is 5.32 Å². The normalized spacial score (nSPS) is 20.6. The van der Waals surface area contributed by atoms with Crippen LogP contribution in [0, 0.1) is 5.92 Å². The van der Waals surface area contributed by atoms with E-state index in [4.69, 9.17) is 9.84 Å². The maximum atomic E-state index is 11.8. The van der Waals surface area contributed by atoms with Gasteiger partial charge in [-0.3, -0.25) is 4.79 Å². The lowest BCUT2D eigenvalue weighted by Gasteiger charge is -2.27. The average molecular weight is 272 g/mol. The summed E-state index contributed by atoms with van der Waals surface area (Å²) in [7, 11) is 1.70. The number of nitrogens with one attached hydrogen (secondary N) is 1. The quantitative estimate of drug-likeness (QED) is 0.764. The Hall–Kier alpha value is -1.30. The fraction of sp³-hybridized carbons (Fsp3) is 0.846. The minimum Gasteiger partial charge on any atom is -0.481 e. The lowest BCUT2D eigenvalue weighted by molar-refractivity contribution is -0.141. The Morgan fingerprint density at radius 1 is 1.47 bits per heavy atom. The van der Waals surface area contributed by atoms with Gasteiger partial charge in [-0.25, -0.2) is 4.79 Å². The summed E-state index contributed by atoms with van der Waals surface area (Å²) in [6.07, 6.45) is 3.81. The van der Waals surface area contributed by atoms with Crippen LogP contribution in [0.3, 0.4) is 0 Å². The van der Waals surface area contributed by atoms with Gasteiger partial charge in [0.1, 0.15) is 0 Å². The number of ether oxygens (including phenoxy) is 1. The molecule has 0 radical (unpaired) electrons. The van der Waals surface area contributed by atoms with E-state index in [0.717, 1.165) is 25.9 Å². The summed E-state index contributed by atoms with van der Waals surface area (Å²) in [4.78, 5) is 24.2. The molecule has 0 aromatic carbocycles. The Labute approximate surface area is 114 Å². The third-order valence-electron chi connectivity index (χ3n) is 3.44. The van der Waals surface area contributed by atoms with Crippen LogP contribution in [0.1, 0.15) is 32.6 Å². The van der Waals surface area contributed by atoms with E-state index in [1.165, 1.54) is 0 Å². The number of likely N-dealkylation sites (N-methyl/N-ethyl adjacent to an activating group) is 1. The van der Waals surface area contributed by atoms with Crippen molar-refractivity contribution in [2.24, 2.45) is 5.92 Å². The molecule has 6 heteroatoms. The van der Waals surface area contributed by atoms with Crippen LogP contribution in [0.2, 0.25) is 0 Å². The van der Waals surface area contributed by atoms with E-state index in [0.29, 0.717) is 13.0 Å². The summed E-state index contributed by atoms with van der Waals surface area (Å²) in [5, 5.41) is 11.6. The molecule has 1 heterocycles. The van der Waals surface area contributed by atoms with Crippen molar-refractivity contribution in [3.05, 3.63) is 0 Å². The lowest BCUT2D eigenvalue weighted by atomic mass is 10.1. The van der Waals surface area contributed by atoms with Gasteiger partial charge < -0.3 is 20.1 Å². The van der Waals surface area contributed by atoms with Crippen LogP contribution in [0.15, 0.2) is 0 Å². The molecule has 2 atom stereocenters. The zero-order chi connectivity index (χ0) is 14.3. The number of nitrogens with zero attached hydrogens (tertiary/aromatic N) is 1. The lowest BCUT2D eigenvalue weighted by Crippen LogP contribution is -2.44. The van der Waals surface area contributed by atoms with Crippen LogP contribution in [0.4, 0.5) is 4.79 Å². The van der Waals surface area contributed by atoms with Crippen LogP contribution in [0.5, 0.6) is 0 Å². The highest BCUT2D eigenvalue weighted by Crippen LogP contribution is 2.13. The summed E-state index contributed by atoms with van der Waals surface area (Å²) in [5.41, 5.74) is 0. The molecule has 1 rings (SSSR count). The van der Waals surface area contributed by atoms with Gasteiger partial charge in [0.25, 0.3) is 0 Å². The van der Waals surface area contributed by atoms with Crippen molar-refractivity contribution in [3.8, 4) is 0 Å². The number of carboxylic acid groups (broad SMARTS) is 1. The van der Waals surface area contributed by atoms with E-state index in [-0.39, 0.29) is 18.7 Å². The summed E-state index contributed by atoms with van der Waals surface area (Å²) in [6, 6.07) is -0.242.